The largest absolute Gasteiger partial charge is 0.478 e. The number of para-hydroxylation sites is 1. The van der Waals surface area contributed by atoms with Crippen molar-refractivity contribution in [2.75, 3.05) is 11.9 Å². The van der Waals surface area contributed by atoms with Crippen LogP contribution in [0.4, 0.5) is 5.69 Å². The second-order valence-corrected chi connectivity index (χ2v) is 5.37. The second-order valence-electron chi connectivity index (χ2n) is 4.51. The van der Waals surface area contributed by atoms with E-state index in [1.165, 1.54) is 6.07 Å². The lowest BCUT2D eigenvalue weighted by Gasteiger charge is -2.13. The number of benzene rings is 1. The van der Waals surface area contributed by atoms with Crippen molar-refractivity contribution in [1.29, 1.82) is 0 Å². The molecule has 5 nitrogen and oxygen atoms in total. The summed E-state index contributed by atoms with van der Waals surface area (Å²) in [5.41, 5.74) is 0.403. The van der Waals surface area contributed by atoms with E-state index >= 15 is 0 Å². The number of carboxylic acid groups (broad SMARTS) is 1. The van der Waals surface area contributed by atoms with Crippen LogP contribution >= 0.6 is 15.9 Å². The summed E-state index contributed by atoms with van der Waals surface area (Å²) < 4.78 is 0.570. The fraction of sp³-hybridized carbons (Fsp3) is 0.385. The first kappa shape index (κ1) is 14.0. The van der Waals surface area contributed by atoms with Crippen LogP contribution in [-0.2, 0) is 4.79 Å². The van der Waals surface area contributed by atoms with Gasteiger partial charge in [0, 0.05) is 16.9 Å². The van der Waals surface area contributed by atoms with Crippen molar-refractivity contribution in [3.63, 3.8) is 0 Å². The zero-order valence-electron chi connectivity index (χ0n) is 10.3. The van der Waals surface area contributed by atoms with Gasteiger partial charge in [0.15, 0.2) is 0 Å². The summed E-state index contributed by atoms with van der Waals surface area (Å²) >= 11 is 3.26. The number of carboxylic acids is 1. The quantitative estimate of drug-likeness (QED) is 0.792. The predicted molar refractivity (Wildman–Crippen MR) is 75.4 cm³/mol. The summed E-state index contributed by atoms with van der Waals surface area (Å²) in [7, 11) is 0. The fourth-order valence-corrected chi connectivity index (χ4v) is 2.64. The van der Waals surface area contributed by atoms with E-state index in [0.29, 0.717) is 16.6 Å². The molecule has 1 saturated heterocycles. The second kappa shape index (κ2) is 6.16. The first-order valence-electron chi connectivity index (χ1n) is 6.13. The number of anilines is 1. The van der Waals surface area contributed by atoms with Gasteiger partial charge in [0.2, 0.25) is 5.91 Å². The molecule has 1 amide bonds. The molecule has 1 aromatic rings. The molecule has 2 rings (SSSR count). The number of rotatable bonds is 4. The molecule has 6 heteroatoms. The minimum atomic E-state index is -1.06. The lowest BCUT2D eigenvalue weighted by molar-refractivity contribution is -0.116. The van der Waals surface area contributed by atoms with Gasteiger partial charge in [-0.25, -0.2) is 4.79 Å². The third-order valence-corrected chi connectivity index (χ3v) is 3.76. The summed E-state index contributed by atoms with van der Waals surface area (Å²) in [6, 6.07) is 4.99. The van der Waals surface area contributed by atoms with Crippen LogP contribution < -0.4 is 10.6 Å². The molecular formula is C13H15BrN2O3. The van der Waals surface area contributed by atoms with Crippen LogP contribution in [0.5, 0.6) is 0 Å². The molecule has 0 aromatic heterocycles. The smallest absolute Gasteiger partial charge is 0.337 e. The van der Waals surface area contributed by atoms with Crippen molar-refractivity contribution in [3.8, 4) is 0 Å². The van der Waals surface area contributed by atoms with Crippen LogP contribution in [0.1, 0.15) is 29.6 Å². The minimum Gasteiger partial charge on any atom is -0.478 e. The molecule has 0 aliphatic carbocycles. The Bertz CT molecular complexity index is 499. The van der Waals surface area contributed by atoms with E-state index in [2.05, 4.69) is 26.6 Å². The van der Waals surface area contributed by atoms with Crippen LogP contribution in [0.25, 0.3) is 0 Å². The van der Waals surface area contributed by atoms with Gasteiger partial charge in [0.25, 0.3) is 0 Å². The molecular weight excluding hydrogens is 312 g/mol. The van der Waals surface area contributed by atoms with Gasteiger partial charge in [0.05, 0.1) is 11.3 Å². The van der Waals surface area contributed by atoms with Gasteiger partial charge in [-0.3, -0.25) is 4.79 Å². The maximum atomic E-state index is 11.9. The van der Waals surface area contributed by atoms with Crippen LogP contribution in [-0.4, -0.2) is 29.6 Å². The molecule has 1 aliphatic rings. The van der Waals surface area contributed by atoms with Gasteiger partial charge in [-0.2, -0.15) is 0 Å². The minimum absolute atomic E-state index is 0.0853. The molecule has 1 unspecified atom stereocenters. The van der Waals surface area contributed by atoms with E-state index in [-0.39, 0.29) is 17.5 Å². The normalized spacial score (nSPS) is 18.3. The van der Waals surface area contributed by atoms with E-state index in [9.17, 15) is 9.59 Å². The summed E-state index contributed by atoms with van der Waals surface area (Å²) in [6.45, 7) is 0.938. The molecule has 1 aliphatic heterocycles. The van der Waals surface area contributed by atoms with Crippen LogP contribution in [0.15, 0.2) is 22.7 Å². The molecule has 1 fully saturated rings. The maximum absolute atomic E-state index is 11.9. The van der Waals surface area contributed by atoms with Gasteiger partial charge in [0.1, 0.15) is 0 Å². The monoisotopic (exact) mass is 326 g/mol. The molecule has 1 aromatic carbocycles. The fourth-order valence-electron chi connectivity index (χ4n) is 2.17. The Kier molecular flexibility index (Phi) is 4.55. The molecule has 0 bridgehead atoms. The highest BCUT2D eigenvalue weighted by atomic mass is 79.9. The van der Waals surface area contributed by atoms with Gasteiger partial charge in [-0.05, 0) is 47.4 Å². The summed E-state index contributed by atoms with van der Waals surface area (Å²) in [5.74, 6) is -1.23. The van der Waals surface area contributed by atoms with Crippen LogP contribution in [0, 0.1) is 0 Å². The molecule has 0 spiro atoms. The zero-order valence-corrected chi connectivity index (χ0v) is 11.9. The highest BCUT2D eigenvalue weighted by Crippen LogP contribution is 2.27. The van der Waals surface area contributed by atoms with Gasteiger partial charge < -0.3 is 15.7 Å². The van der Waals surface area contributed by atoms with E-state index < -0.39 is 5.97 Å². The van der Waals surface area contributed by atoms with Gasteiger partial charge in [-0.1, -0.05) is 6.07 Å². The molecule has 1 heterocycles. The highest BCUT2D eigenvalue weighted by Gasteiger charge is 2.20. The average molecular weight is 327 g/mol. The maximum Gasteiger partial charge on any atom is 0.337 e. The molecule has 0 radical (unpaired) electrons. The lowest BCUT2D eigenvalue weighted by Crippen LogP contribution is -2.28. The van der Waals surface area contributed by atoms with E-state index in [0.717, 1.165) is 19.4 Å². The number of halogens is 1. The average Bonchev–Trinajstić information content (AvgIpc) is 2.84. The van der Waals surface area contributed by atoms with Crippen molar-refractivity contribution in [2.24, 2.45) is 0 Å². The van der Waals surface area contributed by atoms with Crippen LogP contribution in [0.3, 0.4) is 0 Å². The Labute approximate surface area is 119 Å². The van der Waals surface area contributed by atoms with E-state index in [1.807, 2.05) is 0 Å². The zero-order chi connectivity index (χ0) is 13.8. The molecule has 0 saturated carbocycles. The standard InChI is InChI=1S/C13H15BrN2O3/c14-10-5-1-4-9(13(18)19)12(10)16-11(17)7-8-3-2-6-15-8/h1,4-5,8,15H,2-3,6-7H2,(H,16,17)(H,18,19). The number of carbonyl (C=O) groups is 2. The Hall–Kier alpha value is -1.40. The third-order valence-electron chi connectivity index (χ3n) is 3.10. The first-order valence-corrected chi connectivity index (χ1v) is 6.92. The van der Waals surface area contributed by atoms with Crippen molar-refractivity contribution in [2.45, 2.75) is 25.3 Å². The van der Waals surface area contributed by atoms with Crippen molar-refractivity contribution in [1.82, 2.24) is 5.32 Å². The summed E-state index contributed by atoms with van der Waals surface area (Å²) in [4.78, 5) is 23.0. The number of aromatic carboxylic acids is 1. The lowest BCUT2D eigenvalue weighted by atomic mass is 10.1. The summed E-state index contributed by atoms with van der Waals surface area (Å²) in [6.07, 6.45) is 2.42. The Morgan fingerprint density at radius 2 is 2.26 bits per heavy atom. The Balaban J connectivity index is 2.09. The molecule has 1 atom stereocenters. The van der Waals surface area contributed by atoms with Gasteiger partial charge >= 0.3 is 5.97 Å². The SMILES string of the molecule is O=C(CC1CCCN1)Nc1c(Br)cccc1C(=O)O. The Morgan fingerprint density at radius 1 is 1.47 bits per heavy atom. The molecule has 3 N–H and O–H groups in total. The molecule has 102 valence electrons. The van der Waals surface area contributed by atoms with Crippen molar-refractivity contribution in [3.05, 3.63) is 28.2 Å². The highest BCUT2D eigenvalue weighted by molar-refractivity contribution is 9.10. The van der Waals surface area contributed by atoms with Crippen molar-refractivity contribution < 1.29 is 14.7 Å². The van der Waals surface area contributed by atoms with Crippen molar-refractivity contribution >= 4 is 33.5 Å². The number of nitrogens with one attached hydrogen (secondary N) is 2. The number of hydrogen-bond donors (Lipinski definition) is 3. The van der Waals surface area contributed by atoms with Gasteiger partial charge in [-0.15, -0.1) is 0 Å². The number of hydrogen-bond acceptors (Lipinski definition) is 3. The number of amides is 1. The number of carbonyl (C=O) groups excluding carboxylic acids is 1. The topological polar surface area (TPSA) is 78.4 Å². The van der Waals surface area contributed by atoms with Crippen LogP contribution in [0.2, 0.25) is 0 Å². The molecule has 19 heavy (non-hydrogen) atoms. The van der Waals surface area contributed by atoms with E-state index in [1.54, 1.807) is 12.1 Å². The Morgan fingerprint density at radius 3 is 2.89 bits per heavy atom. The first-order chi connectivity index (χ1) is 9.08. The predicted octanol–water partition coefficient (Wildman–Crippen LogP) is 2.23. The van der Waals surface area contributed by atoms with E-state index in [4.69, 9.17) is 5.11 Å². The summed E-state index contributed by atoms with van der Waals surface area (Å²) in [5, 5.41) is 15.0. The third kappa shape index (κ3) is 3.54.